The largest absolute Gasteiger partial charge is 0.421 e. The summed E-state index contributed by atoms with van der Waals surface area (Å²) in [5, 5.41) is 10.4. The molecule has 27 heavy (non-hydrogen) atoms. The Hall–Kier alpha value is -3.16. The highest BCUT2D eigenvalue weighted by atomic mass is 19.4. The maximum absolute atomic E-state index is 12.7. The number of aryl methyl sites for hydroxylation is 1. The summed E-state index contributed by atoms with van der Waals surface area (Å²) >= 11 is 0. The Balaban J connectivity index is 1.50. The quantitative estimate of drug-likeness (QED) is 0.707. The average molecular weight is 375 g/mol. The highest BCUT2D eigenvalue weighted by molar-refractivity contribution is 5.76. The summed E-state index contributed by atoms with van der Waals surface area (Å²) in [6, 6.07) is 14.1. The van der Waals surface area contributed by atoms with Crippen LogP contribution in [0.5, 0.6) is 0 Å². The monoisotopic (exact) mass is 375 g/mol. The molecule has 0 saturated heterocycles. The second-order valence-corrected chi connectivity index (χ2v) is 5.84. The third-order valence-corrected chi connectivity index (χ3v) is 3.80. The van der Waals surface area contributed by atoms with Crippen molar-refractivity contribution in [3.63, 3.8) is 0 Å². The number of hydrogen-bond acceptors (Lipinski definition) is 4. The maximum Gasteiger partial charge on any atom is 0.416 e. The molecule has 0 atom stereocenters. The van der Waals surface area contributed by atoms with Crippen LogP contribution in [0.25, 0.3) is 11.5 Å². The van der Waals surface area contributed by atoms with Crippen molar-refractivity contribution in [1.29, 1.82) is 0 Å². The van der Waals surface area contributed by atoms with E-state index in [1.165, 1.54) is 12.1 Å². The number of carbonyl (C=O) groups is 1. The number of rotatable bonds is 6. The molecular formula is C19H16F3N3O2. The molecule has 0 unspecified atom stereocenters. The predicted octanol–water partition coefficient (Wildman–Crippen LogP) is 4.00. The number of nitrogens with zero attached hydrogens (tertiary/aromatic N) is 2. The fourth-order valence-electron chi connectivity index (χ4n) is 2.42. The molecule has 1 amide bonds. The molecule has 0 fully saturated rings. The summed E-state index contributed by atoms with van der Waals surface area (Å²) in [5.41, 5.74) is 0.418. The van der Waals surface area contributed by atoms with E-state index < -0.39 is 11.7 Å². The van der Waals surface area contributed by atoms with Gasteiger partial charge in [-0.05, 0) is 29.8 Å². The second kappa shape index (κ2) is 8.03. The summed E-state index contributed by atoms with van der Waals surface area (Å²) in [7, 11) is 0. The van der Waals surface area contributed by atoms with Gasteiger partial charge in [0.15, 0.2) is 0 Å². The van der Waals surface area contributed by atoms with E-state index in [1.54, 1.807) is 0 Å². The predicted molar refractivity (Wildman–Crippen MR) is 91.3 cm³/mol. The van der Waals surface area contributed by atoms with Crippen LogP contribution >= 0.6 is 0 Å². The van der Waals surface area contributed by atoms with Gasteiger partial charge in [0.1, 0.15) is 0 Å². The molecule has 0 spiro atoms. The number of halogens is 3. The summed E-state index contributed by atoms with van der Waals surface area (Å²) in [4.78, 5) is 11.9. The van der Waals surface area contributed by atoms with Crippen LogP contribution in [0.4, 0.5) is 13.2 Å². The SMILES string of the molecule is O=C(CCc1nnc(-c2ccccc2)o1)NCc1cccc(C(F)(F)F)c1. The van der Waals surface area contributed by atoms with Gasteiger partial charge in [-0.3, -0.25) is 4.79 Å². The number of benzene rings is 2. The minimum absolute atomic E-state index is 0.0157. The van der Waals surface area contributed by atoms with Crippen LogP contribution in [-0.4, -0.2) is 16.1 Å². The number of aromatic nitrogens is 2. The van der Waals surface area contributed by atoms with E-state index in [9.17, 15) is 18.0 Å². The summed E-state index contributed by atoms with van der Waals surface area (Å²) in [6.07, 6.45) is -4.07. The lowest BCUT2D eigenvalue weighted by atomic mass is 10.1. The first-order valence-electron chi connectivity index (χ1n) is 8.22. The first kappa shape index (κ1) is 18.6. The molecule has 0 saturated carbocycles. The Bertz CT molecular complexity index is 908. The van der Waals surface area contributed by atoms with Gasteiger partial charge in [-0.15, -0.1) is 10.2 Å². The molecule has 0 bridgehead atoms. The lowest BCUT2D eigenvalue weighted by Gasteiger charge is -2.09. The van der Waals surface area contributed by atoms with E-state index in [1.807, 2.05) is 30.3 Å². The van der Waals surface area contributed by atoms with Gasteiger partial charge in [-0.25, -0.2) is 0 Å². The van der Waals surface area contributed by atoms with E-state index in [-0.39, 0.29) is 25.3 Å². The van der Waals surface area contributed by atoms with Gasteiger partial charge in [-0.2, -0.15) is 13.2 Å². The maximum atomic E-state index is 12.7. The van der Waals surface area contributed by atoms with Gasteiger partial charge in [0.2, 0.25) is 17.7 Å². The Labute approximate surface area is 153 Å². The minimum Gasteiger partial charge on any atom is -0.421 e. The first-order valence-corrected chi connectivity index (χ1v) is 8.22. The van der Waals surface area contributed by atoms with Gasteiger partial charge in [0.25, 0.3) is 0 Å². The first-order chi connectivity index (χ1) is 12.9. The van der Waals surface area contributed by atoms with Gasteiger partial charge in [0, 0.05) is 24.9 Å². The van der Waals surface area contributed by atoms with E-state index in [4.69, 9.17) is 4.42 Å². The third kappa shape index (κ3) is 5.16. The van der Waals surface area contributed by atoms with Crippen molar-refractivity contribution in [3.8, 4) is 11.5 Å². The van der Waals surface area contributed by atoms with Crippen LogP contribution in [0.15, 0.2) is 59.0 Å². The lowest BCUT2D eigenvalue weighted by molar-refractivity contribution is -0.137. The zero-order valence-electron chi connectivity index (χ0n) is 14.2. The van der Waals surface area contributed by atoms with Crippen molar-refractivity contribution in [2.24, 2.45) is 0 Å². The Morgan fingerprint density at radius 3 is 2.56 bits per heavy atom. The third-order valence-electron chi connectivity index (χ3n) is 3.80. The molecule has 1 heterocycles. The van der Waals surface area contributed by atoms with Crippen LogP contribution in [0, 0.1) is 0 Å². The van der Waals surface area contributed by atoms with Crippen LogP contribution in [0.2, 0.25) is 0 Å². The van der Waals surface area contributed by atoms with Gasteiger partial charge < -0.3 is 9.73 Å². The van der Waals surface area contributed by atoms with Crippen LogP contribution in [0.1, 0.15) is 23.4 Å². The summed E-state index contributed by atoms with van der Waals surface area (Å²) < 4.78 is 43.6. The highest BCUT2D eigenvalue weighted by Gasteiger charge is 2.30. The standard InChI is InChI=1S/C19H16F3N3O2/c20-19(21,22)15-8-4-5-13(11-15)12-23-16(26)9-10-17-24-25-18(27-17)14-6-2-1-3-7-14/h1-8,11H,9-10,12H2,(H,23,26). The van der Waals surface area contributed by atoms with Gasteiger partial charge in [0.05, 0.1) is 5.56 Å². The molecule has 1 aromatic heterocycles. The van der Waals surface area contributed by atoms with Crippen molar-refractivity contribution in [3.05, 3.63) is 71.6 Å². The van der Waals surface area contributed by atoms with Crippen molar-refractivity contribution < 1.29 is 22.4 Å². The number of alkyl halides is 3. The number of nitrogens with one attached hydrogen (secondary N) is 1. The molecule has 3 rings (SSSR count). The minimum atomic E-state index is -4.41. The topological polar surface area (TPSA) is 68.0 Å². The fraction of sp³-hybridized carbons (Fsp3) is 0.211. The molecule has 3 aromatic rings. The van der Waals surface area contributed by atoms with Crippen molar-refractivity contribution >= 4 is 5.91 Å². The van der Waals surface area contributed by atoms with E-state index >= 15 is 0 Å². The number of hydrogen-bond donors (Lipinski definition) is 1. The molecule has 140 valence electrons. The average Bonchev–Trinajstić information content (AvgIpc) is 3.14. The van der Waals surface area contributed by atoms with E-state index in [0.29, 0.717) is 17.3 Å². The molecule has 8 heteroatoms. The van der Waals surface area contributed by atoms with Crippen LogP contribution < -0.4 is 5.32 Å². The fourth-order valence-corrected chi connectivity index (χ4v) is 2.42. The van der Waals surface area contributed by atoms with Gasteiger partial charge >= 0.3 is 6.18 Å². The lowest BCUT2D eigenvalue weighted by Crippen LogP contribution is -2.23. The zero-order valence-corrected chi connectivity index (χ0v) is 14.2. The van der Waals surface area contributed by atoms with Crippen molar-refractivity contribution in [2.45, 2.75) is 25.6 Å². The number of carbonyl (C=O) groups excluding carboxylic acids is 1. The van der Waals surface area contributed by atoms with E-state index in [0.717, 1.165) is 17.7 Å². The highest BCUT2D eigenvalue weighted by Crippen LogP contribution is 2.29. The van der Waals surface area contributed by atoms with Crippen LogP contribution in [0.3, 0.4) is 0 Å². The summed E-state index contributed by atoms with van der Waals surface area (Å²) in [5.74, 6) is 0.380. The van der Waals surface area contributed by atoms with Crippen LogP contribution in [-0.2, 0) is 23.9 Å². The Kier molecular flexibility index (Phi) is 5.54. The smallest absolute Gasteiger partial charge is 0.416 e. The molecule has 5 nitrogen and oxygen atoms in total. The Morgan fingerprint density at radius 2 is 1.81 bits per heavy atom. The molecule has 1 N–H and O–H groups in total. The summed E-state index contributed by atoms with van der Waals surface area (Å²) in [6.45, 7) is 0.0157. The molecule has 0 aliphatic rings. The van der Waals surface area contributed by atoms with Crippen molar-refractivity contribution in [1.82, 2.24) is 15.5 Å². The molecule has 0 aliphatic heterocycles. The number of amides is 1. The molecule has 2 aromatic carbocycles. The molecule has 0 radical (unpaired) electrons. The Morgan fingerprint density at radius 1 is 1.04 bits per heavy atom. The molecular weight excluding hydrogens is 359 g/mol. The van der Waals surface area contributed by atoms with Gasteiger partial charge in [-0.1, -0.05) is 30.3 Å². The van der Waals surface area contributed by atoms with Crippen molar-refractivity contribution in [2.75, 3.05) is 0 Å². The van der Waals surface area contributed by atoms with E-state index in [2.05, 4.69) is 15.5 Å². The second-order valence-electron chi connectivity index (χ2n) is 5.84. The normalized spacial score (nSPS) is 11.4. The molecule has 0 aliphatic carbocycles. The zero-order chi connectivity index (χ0) is 19.3.